The van der Waals surface area contributed by atoms with E-state index < -0.39 is 0 Å². The molecule has 144 valence electrons. The quantitative estimate of drug-likeness (QED) is 0.840. The first-order valence-corrected chi connectivity index (χ1v) is 9.23. The number of amides is 2. The molecule has 0 spiro atoms. The molecule has 0 radical (unpaired) electrons. The summed E-state index contributed by atoms with van der Waals surface area (Å²) >= 11 is 0. The summed E-state index contributed by atoms with van der Waals surface area (Å²) in [7, 11) is 0. The highest BCUT2D eigenvalue weighted by Gasteiger charge is 2.28. The standard InChI is InChI=1S/C19H24FN5O2/c1-14(26)21-10-9-16-7-4-5-11-25(16)19(27)18-13-24(23-22-18)12-15-6-2-3-8-17(15)20/h2-3,6,8,13,16H,4-5,7,9-12H2,1H3,(H,21,26). The second kappa shape index (κ2) is 8.75. The average molecular weight is 373 g/mol. The van der Waals surface area contributed by atoms with Gasteiger partial charge >= 0.3 is 0 Å². The molecule has 1 fully saturated rings. The average Bonchev–Trinajstić information content (AvgIpc) is 3.12. The third-order valence-electron chi connectivity index (χ3n) is 4.79. The fourth-order valence-electron chi connectivity index (χ4n) is 3.40. The van der Waals surface area contributed by atoms with Crippen LogP contribution in [0.5, 0.6) is 0 Å². The second-order valence-corrected chi connectivity index (χ2v) is 6.81. The van der Waals surface area contributed by atoms with E-state index in [0.717, 1.165) is 19.3 Å². The van der Waals surface area contributed by atoms with Crippen molar-refractivity contribution in [1.82, 2.24) is 25.2 Å². The Balaban J connectivity index is 1.66. The fourth-order valence-corrected chi connectivity index (χ4v) is 3.40. The molecule has 1 aliphatic rings. The molecular weight excluding hydrogens is 349 g/mol. The van der Waals surface area contributed by atoms with Crippen LogP contribution in [0.3, 0.4) is 0 Å². The molecule has 1 aromatic heterocycles. The number of aromatic nitrogens is 3. The molecule has 1 saturated heterocycles. The van der Waals surface area contributed by atoms with Crippen molar-refractivity contribution < 1.29 is 14.0 Å². The third kappa shape index (κ3) is 4.90. The van der Waals surface area contributed by atoms with Crippen molar-refractivity contribution in [2.75, 3.05) is 13.1 Å². The maximum absolute atomic E-state index is 13.8. The first kappa shape index (κ1) is 19.0. The zero-order valence-electron chi connectivity index (χ0n) is 15.4. The van der Waals surface area contributed by atoms with Gasteiger partial charge in [0, 0.05) is 31.6 Å². The van der Waals surface area contributed by atoms with Gasteiger partial charge in [0.05, 0.1) is 12.7 Å². The largest absolute Gasteiger partial charge is 0.356 e. The van der Waals surface area contributed by atoms with Gasteiger partial charge < -0.3 is 10.2 Å². The van der Waals surface area contributed by atoms with Crippen LogP contribution < -0.4 is 5.32 Å². The number of nitrogens with zero attached hydrogens (tertiary/aromatic N) is 4. The Hall–Kier alpha value is -2.77. The van der Waals surface area contributed by atoms with E-state index in [9.17, 15) is 14.0 Å². The van der Waals surface area contributed by atoms with Gasteiger partial charge in [-0.25, -0.2) is 9.07 Å². The Kier molecular flexibility index (Phi) is 6.16. The van der Waals surface area contributed by atoms with Crippen LogP contribution in [0.1, 0.15) is 48.7 Å². The Labute approximate surface area is 157 Å². The van der Waals surface area contributed by atoms with E-state index in [1.807, 2.05) is 4.90 Å². The molecule has 1 aliphatic heterocycles. The molecule has 1 unspecified atom stereocenters. The highest BCUT2D eigenvalue weighted by molar-refractivity contribution is 5.92. The molecule has 7 nitrogen and oxygen atoms in total. The predicted octanol–water partition coefficient (Wildman–Crippen LogP) is 1.99. The van der Waals surface area contributed by atoms with Gasteiger partial charge in [-0.15, -0.1) is 5.10 Å². The first-order chi connectivity index (χ1) is 13.0. The molecule has 0 saturated carbocycles. The van der Waals surface area contributed by atoms with E-state index in [-0.39, 0.29) is 35.9 Å². The minimum atomic E-state index is -0.310. The van der Waals surface area contributed by atoms with Gasteiger partial charge in [-0.2, -0.15) is 0 Å². The van der Waals surface area contributed by atoms with Gasteiger partial charge in [0.2, 0.25) is 5.91 Å². The smallest absolute Gasteiger partial charge is 0.276 e. The molecule has 2 amide bonds. The number of nitrogens with one attached hydrogen (secondary N) is 1. The van der Waals surface area contributed by atoms with E-state index in [1.165, 1.54) is 17.7 Å². The number of likely N-dealkylation sites (tertiary alicyclic amines) is 1. The minimum Gasteiger partial charge on any atom is -0.356 e. The Morgan fingerprint density at radius 3 is 2.89 bits per heavy atom. The van der Waals surface area contributed by atoms with Crippen LogP contribution in [0.2, 0.25) is 0 Å². The van der Waals surface area contributed by atoms with Gasteiger partial charge in [0.25, 0.3) is 5.91 Å². The van der Waals surface area contributed by atoms with Crippen LogP contribution in [0.25, 0.3) is 0 Å². The molecule has 3 rings (SSSR count). The molecule has 0 bridgehead atoms. The number of piperidine rings is 1. The van der Waals surface area contributed by atoms with E-state index in [1.54, 1.807) is 24.4 Å². The SMILES string of the molecule is CC(=O)NCCC1CCCCN1C(=O)c1cn(Cc2ccccc2F)nn1. The summed E-state index contributed by atoms with van der Waals surface area (Å²) in [5, 5.41) is 10.7. The number of hydrogen-bond donors (Lipinski definition) is 1. The number of carbonyl (C=O) groups is 2. The summed E-state index contributed by atoms with van der Waals surface area (Å²) in [5.74, 6) is -0.544. The number of halogens is 1. The Morgan fingerprint density at radius 1 is 1.30 bits per heavy atom. The molecule has 1 aromatic carbocycles. The molecule has 2 aromatic rings. The van der Waals surface area contributed by atoms with Crippen LogP contribution in [0.4, 0.5) is 4.39 Å². The number of hydrogen-bond acceptors (Lipinski definition) is 4. The van der Waals surface area contributed by atoms with Crippen LogP contribution in [-0.2, 0) is 11.3 Å². The lowest BCUT2D eigenvalue weighted by Crippen LogP contribution is -2.45. The summed E-state index contributed by atoms with van der Waals surface area (Å²) in [6.45, 7) is 2.92. The van der Waals surface area contributed by atoms with Crippen molar-refractivity contribution in [1.29, 1.82) is 0 Å². The van der Waals surface area contributed by atoms with Gasteiger partial charge in [-0.3, -0.25) is 9.59 Å². The summed E-state index contributed by atoms with van der Waals surface area (Å²) in [4.78, 5) is 25.8. The van der Waals surface area contributed by atoms with Gasteiger partial charge in [-0.05, 0) is 31.7 Å². The highest BCUT2D eigenvalue weighted by atomic mass is 19.1. The number of rotatable bonds is 6. The van der Waals surface area contributed by atoms with Crippen molar-refractivity contribution in [2.45, 2.75) is 45.2 Å². The van der Waals surface area contributed by atoms with Crippen LogP contribution in [0, 0.1) is 5.82 Å². The Bertz CT molecular complexity index is 807. The zero-order chi connectivity index (χ0) is 19.2. The van der Waals surface area contributed by atoms with Crippen LogP contribution in [0.15, 0.2) is 30.5 Å². The lowest BCUT2D eigenvalue weighted by atomic mass is 9.99. The Morgan fingerprint density at radius 2 is 2.11 bits per heavy atom. The lowest BCUT2D eigenvalue weighted by molar-refractivity contribution is -0.119. The monoisotopic (exact) mass is 373 g/mol. The second-order valence-electron chi connectivity index (χ2n) is 6.81. The number of benzene rings is 1. The maximum atomic E-state index is 13.8. The van der Waals surface area contributed by atoms with Crippen molar-refractivity contribution in [3.8, 4) is 0 Å². The number of carbonyl (C=O) groups excluding carboxylic acids is 2. The van der Waals surface area contributed by atoms with Crippen LogP contribution >= 0.6 is 0 Å². The summed E-state index contributed by atoms with van der Waals surface area (Å²) in [5.41, 5.74) is 0.755. The highest BCUT2D eigenvalue weighted by Crippen LogP contribution is 2.21. The third-order valence-corrected chi connectivity index (χ3v) is 4.79. The molecular formula is C19H24FN5O2. The molecule has 1 atom stereocenters. The fraction of sp³-hybridized carbons (Fsp3) is 0.474. The molecule has 0 aliphatic carbocycles. The van der Waals surface area contributed by atoms with E-state index in [2.05, 4.69) is 15.6 Å². The van der Waals surface area contributed by atoms with Crippen LogP contribution in [-0.4, -0.2) is 50.8 Å². The van der Waals surface area contributed by atoms with Crippen molar-refractivity contribution in [3.05, 3.63) is 47.5 Å². The summed E-state index contributed by atoms with van der Waals surface area (Å²) in [6.07, 6.45) is 5.21. The normalized spacial score (nSPS) is 17.0. The van der Waals surface area contributed by atoms with E-state index in [4.69, 9.17) is 0 Å². The molecule has 8 heteroatoms. The first-order valence-electron chi connectivity index (χ1n) is 9.23. The molecule has 2 heterocycles. The molecule has 27 heavy (non-hydrogen) atoms. The molecule has 1 N–H and O–H groups in total. The van der Waals surface area contributed by atoms with E-state index in [0.29, 0.717) is 25.1 Å². The lowest BCUT2D eigenvalue weighted by Gasteiger charge is -2.35. The van der Waals surface area contributed by atoms with Crippen molar-refractivity contribution in [2.24, 2.45) is 0 Å². The van der Waals surface area contributed by atoms with Gasteiger partial charge in [-0.1, -0.05) is 23.4 Å². The zero-order valence-corrected chi connectivity index (χ0v) is 15.4. The maximum Gasteiger partial charge on any atom is 0.276 e. The van der Waals surface area contributed by atoms with Crippen molar-refractivity contribution in [3.63, 3.8) is 0 Å². The minimum absolute atomic E-state index is 0.0697. The van der Waals surface area contributed by atoms with Gasteiger partial charge in [0.1, 0.15) is 5.82 Å². The summed E-state index contributed by atoms with van der Waals surface area (Å²) in [6, 6.07) is 6.55. The van der Waals surface area contributed by atoms with E-state index >= 15 is 0 Å². The topological polar surface area (TPSA) is 80.1 Å². The van der Waals surface area contributed by atoms with Gasteiger partial charge in [0.15, 0.2) is 5.69 Å². The summed E-state index contributed by atoms with van der Waals surface area (Å²) < 4.78 is 15.3. The predicted molar refractivity (Wildman–Crippen MR) is 97.5 cm³/mol. The van der Waals surface area contributed by atoms with Crippen molar-refractivity contribution >= 4 is 11.8 Å².